The average Bonchev–Trinajstić information content (AvgIpc) is 2.83. The number of anilines is 1. The summed E-state index contributed by atoms with van der Waals surface area (Å²) in [7, 11) is 0. The standard InChI is InChI=1S/C24H25Cl2N3O5S/c1-12-2-7-16(9-17(12)26)35-23-21(32)22(20(31)19(10-30)34-23)33-11-15-8-18(29-24(27)28-15)13-3-5-14(25)6-4-13/h2-9,19-23,30-32H,10-11H2,1H3,(H2,27,28,29). The Labute approximate surface area is 217 Å². The summed E-state index contributed by atoms with van der Waals surface area (Å²) < 4.78 is 11.7. The van der Waals surface area contributed by atoms with E-state index < -0.39 is 36.5 Å². The van der Waals surface area contributed by atoms with Gasteiger partial charge in [-0.05, 0) is 42.8 Å². The van der Waals surface area contributed by atoms with Gasteiger partial charge in [0, 0.05) is 20.5 Å². The van der Waals surface area contributed by atoms with E-state index in [2.05, 4.69) is 9.97 Å². The molecule has 8 nitrogen and oxygen atoms in total. The van der Waals surface area contributed by atoms with Gasteiger partial charge in [-0.25, -0.2) is 9.97 Å². The molecule has 1 fully saturated rings. The molecule has 0 saturated carbocycles. The highest BCUT2D eigenvalue weighted by atomic mass is 35.5. The van der Waals surface area contributed by atoms with Crippen LogP contribution in [0.3, 0.4) is 0 Å². The molecule has 5 atom stereocenters. The fourth-order valence-electron chi connectivity index (χ4n) is 3.67. The molecular weight excluding hydrogens is 513 g/mol. The maximum Gasteiger partial charge on any atom is 0.220 e. The Morgan fingerprint density at radius 2 is 1.80 bits per heavy atom. The quantitative estimate of drug-likeness (QED) is 0.357. The van der Waals surface area contributed by atoms with Gasteiger partial charge in [0.2, 0.25) is 5.95 Å². The molecule has 1 aliphatic rings. The fraction of sp³-hybridized carbons (Fsp3) is 0.333. The second-order valence-corrected chi connectivity index (χ2v) is 10.1. The topological polar surface area (TPSA) is 131 Å². The zero-order chi connectivity index (χ0) is 25.1. The molecule has 2 aromatic carbocycles. The minimum absolute atomic E-state index is 0.0574. The first-order valence-corrected chi connectivity index (χ1v) is 12.4. The monoisotopic (exact) mass is 537 g/mol. The molecule has 11 heteroatoms. The second kappa shape index (κ2) is 11.4. The highest BCUT2D eigenvalue weighted by Gasteiger charge is 2.45. The van der Waals surface area contributed by atoms with Crippen LogP contribution in [0.2, 0.25) is 10.0 Å². The van der Waals surface area contributed by atoms with E-state index in [0.717, 1.165) is 16.0 Å². The Hall–Kier alpha value is -1.95. The van der Waals surface area contributed by atoms with Crippen LogP contribution in [-0.2, 0) is 16.1 Å². The zero-order valence-electron chi connectivity index (χ0n) is 18.7. The van der Waals surface area contributed by atoms with E-state index in [1.807, 2.05) is 31.2 Å². The molecule has 0 spiro atoms. The van der Waals surface area contributed by atoms with Gasteiger partial charge >= 0.3 is 0 Å². The van der Waals surface area contributed by atoms with E-state index >= 15 is 0 Å². The zero-order valence-corrected chi connectivity index (χ0v) is 21.0. The van der Waals surface area contributed by atoms with Gasteiger partial charge in [0.15, 0.2) is 0 Å². The van der Waals surface area contributed by atoms with Crippen molar-refractivity contribution in [3.05, 3.63) is 69.8 Å². The van der Waals surface area contributed by atoms with Crippen LogP contribution in [-0.4, -0.2) is 61.7 Å². The second-order valence-electron chi connectivity index (χ2n) is 8.12. The van der Waals surface area contributed by atoms with Gasteiger partial charge in [-0.1, -0.05) is 53.2 Å². The fourth-order valence-corrected chi connectivity index (χ4v) is 5.13. The molecule has 4 rings (SSSR count). The molecule has 1 aliphatic heterocycles. The number of aromatic nitrogens is 2. The molecule has 35 heavy (non-hydrogen) atoms. The van der Waals surface area contributed by atoms with Crippen molar-refractivity contribution in [3.63, 3.8) is 0 Å². The summed E-state index contributed by atoms with van der Waals surface area (Å²) in [6.45, 7) is 1.39. The van der Waals surface area contributed by atoms with Crippen molar-refractivity contribution in [1.82, 2.24) is 9.97 Å². The molecule has 2 heterocycles. The molecule has 0 aliphatic carbocycles. The Morgan fingerprint density at radius 1 is 1.06 bits per heavy atom. The third-order valence-electron chi connectivity index (χ3n) is 5.58. The van der Waals surface area contributed by atoms with E-state index in [9.17, 15) is 15.3 Å². The summed E-state index contributed by atoms with van der Waals surface area (Å²) in [6.07, 6.45) is -4.45. The molecule has 186 valence electrons. The van der Waals surface area contributed by atoms with E-state index in [1.54, 1.807) is 24.3 Å². The molecule has 5 unspecified atom stereocenters. The number of hydrogen-bond donors (Lipinski definition) is 4. The van der Waals surface area contributed by atoms with Gasteiger partial charge in [0.25, 0.3) is 0 Å². The van der Waals surface area contributed by atoms with Crippen LogP contribution >= 0.6 is 35.0 Å². The Kier molecular flexibility index (Phi) is 8.51. The lowest BCUT2D eigenvalue weighted by molar-refractivity contribution is -0.223. The van der Waals surface area contributed by atoms with Crippen LogP contribution in [0.15, 0.2) is 53.4 Å². The lowest BCUT2D eigenvalue weighted by atomic mass is 10.00. The number of aliphatic hydroxyl groups is 3. The van der Waals surface area contributed by atoms with E-state index in [4.69, 9.17) is 38.4 Å². The summed E-state index contributed by atoms with van der Waals surface area (Å²) >= 11 is 13.4. The van der Waals surface area contributed by atoms with Gasteiger partial charge in [0.1, 0.15) is 29.9 Å². The summed E-state index contributed by atoms with van der Waals surface area (Å²) in [6, 6.07) is 14.3. The number of ether oxygens (including phenoxy) is 2. The van der Waals surface area contributed by atoms with E-state index in [-0.39, 0.29) is 12.6 Å². The van der Waals surface area contributed by atoms with Crippen molar-refractivity contribution in [2.24, 2.45) is 0 Å². The highest BCUT2D eigenvalue weighted by Crippen LogP contribution is 2.36. The predicted molar refractivity (Wildman–Crippen MR) is 135 cm³/mol. The third kappa shape index (κ3) is 6.25. The van der Waals surface area contributed by atoms with Crippen LogP contribution in [0.4, 0.5) is 5.95 Å². The number of halogens is 2. The van der Waals surface area contributed by atoms with E-state index in [1.165, 1.54) is 11.8 Å². The molecular formula is C24H25Cl2N3O5S. The van der Waals surface area contributed by atoms with Crippen molar-refractivity contribution < 1.29 is 24.8 Å². The maximum absolute atomic E-state index is 11.0. The minimum atomic E-state index is -1.26. The first kappa shape index (κ1) is 26.1. The van der Waals surface area contributed by atoms with Crippen LogP contribution in [0, 0.1) is 6.92 Å². The number of aliphatic hydroxyl groups excluding tert-OH is 3. The number of nitrogen functional groups attached to an aromatic ring is 1. The molecule has 1 saturated heterocycles. The SMILES string of the molecule is Cc1ccc(SC2OC(CO)C(O)C(OCc3cc(-c4ccc(Cl)cc4)nc(N)n3)C2O)cc1Cl. The Bertz CT molecular complexity index is 1170. The molecule has 0 radical (unpaired) electrons. The average molecular weight is 538 g/mol. The molecule has 5 N–H and O–H groups in total. The van der Waals surface area contributed by atoms with Gasteiger partial charge in [-0.2, -0.15) is 0 Å². The Balaban J connectivity index is 1.51. The summed E-state index contributed by atoms with van der Waals surface area (Å²) in [5.74, 6) is 0.0574. The predicted octanol–water partition coefficient (Wildman–Crippen LogP) is 3.46. The summed E-state index contributed by atoms with van der Waals surface area (Å²) in [4.78, 5) is 9.24. The van der Waals surface area contributed by atoms with Crippen molar-refractivity contribution in [2.45, 2.75) is 48.3 Å². The number of nitrogens with two attached hydrogens (primary N) is 1. The largest absolute Gasteiger partial charge is 0.394 e. The lowest BCUT2D eigenvalue weighted by Gasteiger charge is -2.41. The Morgan fingerprint density at radius 3 is 2.49 bits per heavy atom. The molecule has 0 bridgehead atoms. The van der Waals surface area contributed by atoms with Crippen LogP contribution < -0.4 is 5.73 Å². The molecule has 0 amide bonds. The first-order chi connectivity index (χ1) is 16.7. The number of hydrogen-bond acceptors (Lipinski definition) is 9. The van der Waals surface area contributed by atoms with Gasteiger partial charge in [-0.3, -0.25) is 0 Å². The smallest absolute Gasteiger partial charge is 0.220 e. The van der Waals surface area contributed by atoms with Crippen molar-refractivity contribution >= 4 is 40.9 Å². The van der Waals surface area contributed by atoms with Crippen molar-refractivity contribution in [2.75, 3.05) is 12.3 Å². The van der Waals surface area contributed by atoms with Gasteiger partial charge in [-0.15, -0.1) is 0 Å². The third-order valence-corrected chi connectivity index (χ3v) is 7.39. The number of thioether (sulfide) groups is 1. The minimum Gasteiger partial charge on any atom is -0.394 e. The number of rotatable bonds is 7. The van der Waals surface area contributed by atoms with Crippen LogP contribution in [0.5, 0.6) is 0 Å². The van der Waals surface area contributed by atoms with Crippen LogP contribution in [0.25, 0.3) is 11.3 Å². The summed E-state index contributed by atoms with van der Waals surface area (Å²) in [5.41, 5.74) is 7.85. The summed E-state index contributed by atoms with van der Waals surface area (Å²) in [5, 5.41) is 32.6. The number of aryl methyl sites for hydroxylation is 1. The highest BCUT2D eigenvalue weighted by molar-refractivity contribution is 7.99. The number of benzene rings is 2. The molecule has 1 aromatic heterocycles. The van der Waals surface area contributed by atoms with Gasteiger partial charge < -0.3 is 30.5 Å². The number of nitrogens with zero attached hydrogens (tertiary/aromatic N) is 2. The van der Waals surface area contributed by atoms with Crippen LogP contribution in [0.1, 0.15) is 11.3 Å². The lowest BCUT2D eigenvalue weighted by Crippen LogP contribution is -2.58. The molecule has 3 aromatic rings. The maximum atomic E-state index is 11.0. The first-order valence-electron chi connectivity index (χ1n) is 10.8. The van der Waals surface area contributed by atoms with Crippen molar-refractivity contribution in [3.8, 4) is 11.3 Å². The normalized spacial score (nSPS) is 24.5. The van der Waals surface area contributed by atoms with Crippen molar-refractivity contribution in [1.29, 1.82) is 0 Å². The van der Waals surface area contributed by atoms with E-state index in [0.29, 0.717) is 21.4 Å². The van der Waals surface area contributed by atoms with Gasteiger partial charge in [0.05, 0.1) is 24.6 Å².